The molecular weight excluding hydrogens is 259 g/mol. The Hall–Kier alpha value is -1.26. The standard InChI is InChI=1S/C15H19FN2S/c1-9(2)6-13(17)15-18-14(8-19-15)11-4-5-12(16)10(3)7-11/h4-5,7-9,13H,6,17H2,1-3H3. The number of halogens is 1. The molecule has 0 saturated carbocycles. The fourth-order valence-corrected chi connectivity index (χ4v) is 2.85. The first kappa shape index (κ1) is 14.2. The smallest absolute Gasteiger partial charge is 0.126 e. The van der Waals surface area contributed by atoms with Crippen molar-refractivity contribution in [1.29, 1.82) is 0 Å². The van der Waals surface area contributed by atoms with E-state index in [-0.39, 0.29) is 11.9 Å². The lowest BCUT2D eigenvalue weighted by Crippen LogP contribution is -2.12. The molecule has 0 fully saturated rings. The number of aromatic nitrogens is 1. The average Bonchev–Trinajstić information content (AvgIpc) is 2.81. The molecule has 0 aliphatic heterocycles. The Bertz CT molecular complexity index is 563. The van der Waals surface area contributed by atoms with Crippen molar-refractivity contribution in [3.05, 3.63) is 40.0 Å². The first-order valence-corrected chi connectivity index (χ1v) is 7.33. The van der Waals surface area contributed by atoms with Crippen LogP contribution in [0.1, 0.15) is 36.9 Å². The van der Waals surface area contributed by atoms with E-state index in [1.807, 2.05) is 11.4 Å². The van der Waals surface area contributed by atoms with Gasteiger partial charge in [-0.2, -0.15) is 0 Å². The summed E-state index contributed by atoms with van der Waals surface area (Å²) in [4.78, 5) is 4.58. The molecule has 2 nitrogen and oxygen atoms in total. The van der Waals surface area contributed by atoms with Crippen LogP contribution in [-0.4, -0.2) is 4.98 Å². The fraction of sp³-hybridized carbons (Fsp3) is 0.400. The molecule has 0 aliphatic carbocycles. The zero-order chi connectivity index (χ0) is 14.0. The molecule has 0 radical (unpaired) electrons. The first-order valence-electron chi connectivity index (χ1n) is 6.45. The van der Waals surface area contributed by atoms with E-state index >= 15 is 0 Å². The van der Waals surface area contributed by atoms with Crippen LogP contribution in [0.4, 0.5) is 4.39 Å². The highest BCUT2D eigenvalue weighted by Gasteiger charge is 2.13. The summed E-state index contributed by atoms with van der Waals surface area (Å²) < 4.78 is 13.3. The molecule has 2 aromatic rings. The van der Waals surface area contributed by atoms with E-state index in [0.29, 0.717) is 11.5 Å². The van der Waals surface area contributed by atoms with Gasteiger partial charge >= 0.3 is 0 Å². The lowest BCUT2D eigenvalue weighted by atomic mass is 10.1. The average molecular weight is 278 g/mol. The van der Waals surface area contributed by atoms with E-state index in [1.54, 1.807) is 24.3 Å². The van der Waals surface area contributed by atoms with E-state index in [0.717, 1.165) is 22.7 Å². The zero-order valence-corrected chi connectivity index (χ0v) is 12.3. The van der Waals surface area contributed by atoms with Crippen LogP contribution in [0, 0.1) is 18.7 Å². The molecular formula is C15H19FN2S. The van der Waals surface area contributed by atoms with Crippen molar-refractivity contribution < 1.29 is 4.39 Å². The molecule has 0 aliphatic rings. The number of thiazole rings is 1. The minimum Gasteiger partial charge on any atom is -0.322 e. The van der Waals surface area contributed by atoms with Crippen LogP contribution in [-0.2, 0) is 0 Å². The SMILES string of the molecule is Cc1cc(-c2csc(C(N)CC(C)C)n2)ccc1F. The summed E-state index contributed by atoms with van der Waals surface area (Å²) in [6.45, 7) is 6.06. The van der Waals surface area contributed by atoms with Crippen molar-refractivity contribution in [2.45, 2.75) is 33.2 Å². The van der Waals surface area contributed by atoms with Gasteiger partial charge in [-0.25, -0.2) is 9.37 Å². The molecule has 0 bridgehead atoms. The number of aryl methyl sites for hydroxylation is 1. The lowest BCUT2D eigenvalue weighted by molar-refractivity contribution is 0.508. The van der Waals surface area contributed by atoms with Gasteiger partial charge in [-0.3, -0.25) is 0 Å². The van der Waals surface area contributed by atoms with E-state index in [9.17, 15) is 4.39 Å². The van der Waals surface area contributed by atoms with Crippen LogP contribution in [0.3, 0.4) is 0 Å². The molecule has 0 spiro atoms. The summed E-state index contributed by atoms with van der Waals surface area (Å²) in [5, 5.41) is 2.94. The van der Waals surface area contributed by atoms with Crippen molar-refractivity contribution in [3.8, 4) is 11.3 Å². The number of hydrogen-bond donors (Lipinski definition) is 1. The van der Waals surface area contributed by atoms with E-state index in [2.05, 4.69) is 18.8 Å². The largest absolute Gasteiger partial charge is 0.322 e. The molecule has 1 aromatic heterocycles. The van der Waals surface area contributed by atoms with Crippen LogP contribution in [0.25, 0.3) is 11.3 Å². The summed E-state index contributed by atoms with van der Waals surface area (Å²) in [5.74, 6) is 0.367. The Balaban J connectivity index is 2.22. The van der Waals surface area contributed by atoms with Crippen molar-refractivity contribution in [3.63, 3.8) is 0 Å². The van der Waals surface area contributed by atoms with Gasteiger partial charge in [0.1, 0.15) is 10.8 Å². The van der Waals surface area contributed by atoms with Gasteiger partial charge in [0.25, 0.3) is 0 Å². The van der Waals surface area contributed by atoms with E-state index in [1.165, 1.54) is 6.07 Å². The second kappa shape index (κ2) is 5.80. The van der Waals surface area contributed by atoms with Crippen molar-refractivity contribution in [1.82, 2.24) is 4.98 Å². The third-order valence-electron chi connectivity index (χ3n) is 3.02. The van der Waals surface area contributed by atoms with E-state index in [4.69, 9.17) is 5.73 Å². The number of rotatable bonds is 4. The van der Waals surface area contributed by atoms with Crippen LogP contribution in [0.15, 0.2) is 23.6 Å². The van der Waals surface area contributed by atoms with Gasteiger partial charge in [-0.15, -0.1) is 11.3 Å². The minimum atomic E-state index is -0.185. The van der Waals surface area contributed by atoms with E-state index < -0.39 is 0 Å². The van der Waals surface area contributed by atoms with Gasteiger partial charge in [0.15, 0.2) is 0 Å². The third kappa shape index (κ3) is 3.39. The van der Waals surface area contributed by atoms with Gasteiger partial charge in [0.2, 0.25) is 0 Å². The van der Waals surface area contributed by atoms with Crippen LogP contribution >= 0.6 is 11.3 Å². The van der Waals surface area contributed by atoms with Crippen LogP contribution in [0.5, 0.6) is 0 Å². The maximum Gasteiger partial charge on any atom is 0.126 e. The molecule has 0 saturated heterocycles. The Labute approximate surface area is 117 Å². The summed E-state index contributed by atoms with van der Waals surface area (Å²) in [6, 6.07) is 5.05. The maximum atomic E-state index is 13.3. The van der Waals surface area contributed by atoms with Gasteiger partial charge in [-0.05, 0) is 43.0 Å². The van der Waals surface area contributed by atoms with Gasteiger partial charge < -0.3 is 5.73 Å². The zero-order valence-electron chi connectivity index (χ0n) is 11.5. The van der Waals surface area contributed by atoms with Gasteiger partial charge in [0.05, 0.1) is 11.7 Å². The molecule has 1 aromatic carbocycles. The summed E-state index contributed by atoms with van der Waals surface area (Å²) in [7, 11) is 0. The number of hydrogen-bond acceptors (Lipinski definition) is 3. The van der Waals surface area contributed by atoms with Crippen LogP contribution in [0.2, 0.25) is 0 Å². The Kier molecular flexibility index (Phi) is 4.32. The highest BCUT2D eigenvalue weighted by Crippen LogP contribution is 2.28. The van der Waals surface area contributed by atoms with Crippen molar-refractivity contribution in [2.75, 3.05) is 0 Å². The Morgan fingerprint density at radius 2 is 2.11 bits per heavy atom. The molecule has 4 heteroatoms. The minimum absolute atomic E-state index is 0.0136. The fourth-order valence-electron chi connectivity index (χ4n) is 2.00. The molecule has 1 heterocycles. The number of nitrogens with two attached hydrogens (primary N) is 1. The first-order chi connectivity index (χ1) is 8.97. The summed E-state index contributed by atoms with van der Waals surface area (Å²) >= 11 is 1.57. The molecule has 19 heavy (non-hydrogen) atoms. The lowest BCUT2D eigenvalue weighted by Gasteiger charge is -2.10. The van der Waals surface area contributed by atoms with Gasteiger partial charge in [0, 0.05) is 10.9 Å². The molecule has 102 valence electrons. The Morgan fingerprint density at radius 3 is 2.74 bits per heavy atom. The summed E-state index contributed by atoms with van der Waals surface area (Å²) in [5.41, 5.74) is 8.59. The van der Waals surface area contributed by atoms with Gasteiger partial charge in [-0.1, -0.05) is 13.8 Å². The quantitative estimate of drug-likeness (QED) is 0.905. The second-order valence-corrected chi connectivity index (χ2v) is 6.16. The Morgan fingerprint density at radius 1 is 1.37 bits per heavy atom. The van der Waals surface area contributed by atoms with Crippen molar-refractivity contribution >= 4 is 11.3 Å². The molecule has 1 atom stereocenters. The normalized spacial score (nSPS) is 12.9. The highest BCUT2D eigenvalue weighted by molar-refractivity contribution is 7.10. The number of benzene rings is 1. The van der Waals surface area contributed by atoms with Crippen LogP contribution < -0.4 is 5.73 Å². The monoisotopic (exact) mass is 278 g/mol. The number of nitrogens with zero attached hydrogens (tertiary/aromatic N) is 1. The third-order valence-corrected chi connectivity index (χ3v) is 3.99. The molecule has 1 unspecified atom stereocenters. The highest BCUT2D eigenvalue weighted by atomic mass is 32.1. The second-order valence-electron chi connectivity index (χ2n) is 5.27. The predicted octanol–water partition coefficient (Wildman–Crippen LogP) is 4.30. The summed E-state index contributed by atoms with van der Waals surface area (Å²) in [6.07, 6.45) is 0.926. The molecule has 2 N–H and O–H groups in total. The van der Waals surface area contributed by atoms with Crippen molar-refractivity contribution in [2.24, 2.45) is 11.7 Å². The molecule has 0 amide bonds. The maximum absolute atomic E-state index is 13.3. The topological polar surface area (TPSA) is 38.9 Å². The molecule has 2 rings (SSSR count). The predicted molar refractivity (Wildman–Crippen MR) is 78.6 cm³/mol.